The van der Waals surface area contributed by atoms with Gasteiger partial charge in [0.05, 0.1) is 0 Å². The van der Waals surface area contributed by atoms with E-state index in [1.54, 1.807) is 6.20 Å². The zero-order valence-electron chi connectivity index (χ0n) is 11.0. The van der Waals surface area contributed by atoms with Gasteiger partial charge in [-0.25, -0.2) is 0 Å². The van der Waals surface area contributed by atoms with Crippen LogP contribution in [0.2, 0.25) is 0 Å². The molecule has 100 valence electrons. The van der Waals surface area contributed by atoms with E-state index in [4.69, 9.17) is 0 Å². The number of pyridine rings is 1. The number of aromatic nitrogens is 1. The molecule has 0 aliphatic carbocycles. The third-order valence-electron chi connectivity index (χ3n) is 3.61. The molecule has 0 saturated heterocycles. The highest BCUT2D eigenvalue weighted by Gasteiger charge is 2.27. The van der Waals surface area contributed by atoms with E-state index in [1.807, 2.05) is 61.7 Å². The topological polar surface area (TPSA) is 33.1 Å². The van der Waals surface area contributed by atoms with Gasteiger partial charge in [0.1, 0.15) is 5.60 Å². The average molecular weight is 328 g/mol. The summed E-state index contributed by atoms with van der Waals surface area (Å²) in [4.78, 5) is 4.13. The van der Waals surface area contributed by atoms with Gasteiger partial charge in [-0.3, -0.25) is 4.98 Å². The average Bonchev–Trinajstić information content (AvgIpc) is 2.47. The Hall–Kier alpha value is -1.71. The summed E-state index contributed by atoms with van der Waals surface area (Å²) in [7, 11) is 0. The van der Waals surface area contributed by atoms with Crippen LogP contribution in [0.5, 0.6) is 0 Å². The van der Waals surface area contributed by atoms with Crippen LogP contribution in [-0.4, -0.2) is 10.1 Å². The van der Waals surface area contributed by atoms with Gasteiger partial charge in [-0.05, 0) is 41.6 Å². The van der Waals surface area contributed by atoms with E-state index in [0.29, 0.717) is 0 Å². The molecular formula is C17H14BrNO. The van der Waals surface area contributed by atoms with Crippen molar-refractivity contribution < 1.29 is 5.11 Å². The second-order valence-corrected chi connectivity index (χ2v) is 5.90. The molecule has 2 aromatic carbocycles. The molecule has 0 radical (unpaired) electrons. The molecule has 0 amide bonds. The number of fused-ring (bicyclic) bond motifs is 1. The number of hydrogen-bond donors (Lipinski definition) is 1. The Bertz CT molecular complexity index is 745. The van der Waals surface area contributed by atoms with Crippen molar-refractivity contribution in [2.45, 2.75) is 12.5 Å². The van der Waals surface area contributed by atoms with Gasteiger partial charge in [-0.1, -0.05) is 46.3 Å². The van der Waals surface area contributed by atoms with Crippen molar-refractivity contribution in [3.63, 3.8) is 0 Å². The van der Waals surface area contributed by atoms with Crippen molar-refractivity contribution in [3.8, 4) is 0 Å². The highest BCUT2D eigenvalue weighted by molar-refractivity contribution is 9.10. The zero-order chi connectivity index (χ0) is 14.2. The van der Waals surface area contributed by atoms with E-state index in [0.717, 1.165) is 26.4 Å². The Morgan fingerprint density at radius 1 is 1.05 bits per heavy atom. The lowest BCUT2D eigenvalue weighted by Crippen LogP contribution is -2.23. The first kappa shape index (κ1) is 13.3. The van der Waals surface area contributed by atoms with Crippen molar-refractivity contribution in [1.82, 2.24) is 4.98 Å². The molecule has 1 aromatic heterocycles. The fourth-order valence-corrected chi connectivity index (χ4v) is 2.74. The number of halogens is 1. The van der Waals surface area contributed by atoms with Crippen molar-refractivity contribution in [2.24, 2.45) is 0 Å². The number of rotatable bonds is 2. The number of benzene rings is 2. The SMILES string of the molecule is CC(O)(c1ccc(Br)cc1)c1cccc2cnccc12. The van der Waals surface area contributed by atoms with E-state index in [-0.39, 0.29) is 0 Å². The van der Waals surface area contributed by atoms with E-state index in [9.17, 15) is 5.11 Å². The Morgan fingerprint density at radius 2 is 1.80 bits per heavy atom. The monoisotopic (exact) mass is 327 g/mol. The minimum atomic E-state index is -1.04. The molecule has 1 N–H and O–H groups in total. The zero-order valence-corrected chi connectivity index (χ0v) is 12.6. The van der Waals surface area contributed by atoms with E-state index in [1.165, 1.54) is 0 Å². The van der Waals surface area contributed by atoms with E-state index in [2.05, 4.69) is 20.9 Å². The summed E-state index contributed by atoms with van der Waals surface area (Å²) in [5.41, 5.74) is 0.714. The smallest absolute Gasteiger partial charge is 0.112 e. The normalized spacial score (nSPS) is 14.2. The van der Waals surface area contributed by atoms with Crippen LogP contribution in [0.1, 0.15) is 18.1 Å². The summed E-state index contributed by atoms with van der Waals surface area (Å²) in [6, 6.07) is 15.6. The van der Waals surface area contributed by atoms with Crippen molar-refractivity contribution in [2.75, 3.05) is 0 Å². The molecule has 0 saturated carbocycles. The highest BCUT2D eigenvalue weighted by atomic mass is 79.9. The maximum absolute atomic E-state index is 11.0. The molecule has 3 aromatic rings. The Morgan fingerprint density at radius 3 is 2.55 bits per heavy atom. The minimum Gasteiger partial charge on any atom is -0.381 e. The Balaban J connectivity index is 2.20. The molecule has 0 aliphatic rings. The summed E-state index contributed by atoms with van der Waals surface area (Å²) in [5, 5.41) is 13.1. The first-order valence-corrected chi connectivity index (χ1v) is 7.20. The Kier molecular flexibility index (Phi) is 3.32. The highest BCUT2D eigenvalue weighted by Crippen LogP contribution is 2.34. The number of nitrogens with zero attached hydrogens (tertiary/aromatic N) is 1. The third-order valence-corrected chi connectivity index (χ3v) is 4.14. The van der Waals surface area contributed by atoms with Crippen LogP contribution in [0.15, 0.2) is 65.4 Å². The number of aliphatic hydroxyl groups is 1. The largest absolute Gasteiger partial charge is 0.381 e. The van der Waals surface area contributed by atoms with Crippen molar-refractivity contribution >= 4 is 26.7 Å². The van der Waals surface area contributed by atoms with Gasteiger partial charge in [0.25, 0.3) is 0 Å². The van der Waals surface area contributed by atoms with Crippen LogP contribution in [0.25, 0.3) is 10.8 Å². The van der Waals surface area contributed by atoms with Crippen LogP contribution >= 0.6 is 15.9 Å². The van der Waals surface area contributed by atoms with Gasteiger partial charge in [-0.15, -0.1) is 0 Å². The lowest BCUT2D eigenvalue weighted by molar-refractivity contribution is 0.104. The molecule has 0 aliphatic heterocycles. The molecule has 20 heavy (non-hydrogen) atoms. The summed E-state index contributed by atoms with van der Waals surface area (Å²) < 4.78 is 0.999. The van der Waals surface area contributed by atoms with Crippen molar-refractivity contribution in [1.29, 1.82) is 0 Å². The van der Waals surface area contributed by atoms with Gasteiger partial charge >= 0.3 is 0 Å². The summed E-state index contributed by atoms with van der Waals surface area (Å²) >= 11 is 3.42. The molecule has 1 atom stereocenters. The quantitative estimate of drug-likeness (QED) is 0.763. The predicted molar refractivity (Wildman–Crippen MR) is 84.6 cm³/mol. The maximum Gasteiger partial charge on any atom is 0.112 e. The molecule has 3 rings (SSSR count). The molecule has 0 bridgehead atoms. The lowest BCUT2D eigenvalue weighted by Gasteiger charge is -2.26. The summed E-state index contributed by atoms with van der Waals surface area (Å²) in [5.74, 6) is 0. The van der Waals surface area contributed by atoms with Crippen LogP contribution in [0.3, 0.4) is 0 Å². The van der Waals surface area contributed by atoms with Gasteiger partial charge in [0, 0.05) is 22.3 Å². The summed E-state index contributed by atoms with van der Waals surface area (Å²) in [6.07, 6.45) is 3.57. The fourth-order valence-electron chi connectivity index (χ4n) is 2.48. The van der Waals surface area contributed by atoms with E-state index >= 15 is 0 Å². The Labute approximate surface area is 126 Å². The second-order valence-electron chi connectivity index (χ2n) is 4.98. The minimum absolute atomic E-state index is 0.866. The van der Waals surface area contributed by atoms with Crippen LogP contribution in [0.4, 0.5) is 0 Å². The first-order valence-electron chi connectivity index (χ1n) is 6.41. The fraction of sp³-hybridized carbons (Fsp3) is 0.118. The lowest BCUT2D eigenvalue weighted by atomic mass is 9.85. The molecule has 2 nitrogen and oxygen atoms in total. The van der Waals surface area contributed by atoms with Gasteiger partial charge in [0.15, 0.2) is 0 Å². The predicted octanol–water partition coefficient (Wildman–Crippen LogP) is 4.25. The summed E-state index contributed by atoms with van der Waals surface area (Å²) in [6.45, 7) is 1.82. The molecule has 0 spiro atoms. The second kappa shape index (κ2) is 5.00. The van der Waals surface area contributed by atoms with Gasteiger partial charge < -0.3 is 5.11 Å². The van der Waals surface area contributed by atoms with E-state index < -0.39 is 5.60 Å². The van der Waals surface area contributed by atoms with Gasteiger partial charge in [-0.2, -0.15) is 0 Å². The maximum atomic E-state index is 11.0. The standard InChI is InChI=1S/C17H14BrNO/c1-17(20,13-5-7-14(18)8-6-13)16-4-2-3-12-11-19-10-9-15(12)16/h2-11,20H,1H3. The first-order chi connectivity index (χ1) is 9.59. The van der Waals surface area contributed by atoms with Crippen molar-refractivity contribution in [3.05, 3.63) is 76.5 Å². The van der Waals surface area contributed by atoms with Crippen LogP contribution in [0, 0.1) is 0 Å². The van der Waals surface area contributed by atoms with Crippen LogP contribution < -0.4 is 0 Å². The molecule has 3 heteroatoms. The molecular weight excluding hydrogens is 314 g/mol. The van der Waals surface area contributed by atoms with Gasteiger partial charge in [0.2, 0.25) is 0 Å². The third kappa shape index (κ3) is 2.23. The molecule has 0 fully saturated rings. The molecule has 1 heterocycles. The molecule has 1 unspecified atom stereocenters. The number of hydrogen-bond acceptors (Lipinski definition) is 2. The van der Waals surface area contributed by atoms with Crippen LogP contribution in [-0.2, 0) is 5.60 Å².